The van der Waals surface area contributed by atoms with Gasteiger partial charge in [-0.15, -0.1) is 11.8 Å². The molecule has 1 aliphatic heterocycles. The van der Waals surface area contributed by atoms with Gasteiger partial charge in [-0.2, -0.15) is 13.2 Å². The Morgan fingerprint density at radius 2 is 1.65 bits per heavy atom. The number of hydrogen-bond donors (Lipinski definition) is 3. The molecule has 1 saturated carbocycles. The van der Waals surface area contributed by atoms with Crippen molar-refractivity contribution in [3.05, 3.63) is 0 Å². The van der Waals surface area contributed by atoms with E-state index in [1.54, 1.807) is 20.8 Å². The summed E-state index contributed by atoms with van der Waals surface area (Å²) in [6, 6.07) is -2.30. The lowest BCUT2D eigenvalue weighted by molar-refractivity contribution is -0.244. The predicted molar refractivity (Wildman–Crippen MR) is 129 cm³/mol. The first-order valence-electron chi connectivity index (χ1n) is 12.1. The minimum Gasteiger partial charge on any atom is -0.434 e. The van der Waals surface area contributed by atoms with Gasteiger partial charge in [0.15, 0.2) is 0 Å². The Balaban J connectivity index is 2.18. The van der Waals surface area contributed by atoms with E-state index in [1.807, 2.05) is 0 Å². The predicted octanol–water partition coefficient (Wildman–Crippen LogP) is 2.10. The van der Waals surface area contributed by atoms with Crippen LogP contribution in [0.4, 0.5) is 18.0 Å². The largest absolute Gasteiger partial charge is 0.434 e. The standard InChI is InChI=1S/C23H35F3N4O6S/c1-11(2)14(28-21(35)36-22(4,5)23(24,25)26)20(34)30-10-9-12(3)15(30)18(33)29-19(16(31)17(27)32)37-13-7-6-8-13/h11-15,19H,6-10H2,1-5H3,(H2,27,32)(H,28,35)(H,29,33). The summed E-state index contributed by atoms with van der Waals surface area (Å²) in [5.41, 5.74) is 2.37. The van der Waals surface area contributed by atoms with Crippen molar-refractivity contribution in [3.8, 4) is 0 Å². The topological polar surface area (TPSA) is 148 Å². The molecule has 4 amide bonds. The molecule has 37 heavy (non-hydrogen) atoms. The number of thioether (sulfide) groups is 1. The summed E-state index contributed by atoms with van der Waals surface area (Å²) < 4.78 is 43.9. The van der Waals surface area contributed by atoms with Gasteiger partial charge in [-0.3, -0.25) is 19.2 Å². The van der Waals surface area contributed by atoms with Gasteiger partial charge >= 0.3 is 12.3 Å². The van der Waals surface area contributed by atoms with E-state index in [0.717, 1.165) is 31.0 Å². The summed E-state index contributed by atoms with van der Waals surface area (Å²) in [5, 5.41) is 3.66. The van der Waals surface area contributed by atoms with Crippen LogP contribution in [0.15, 0.2) is 0 Å². The van der Waals surface area contributed by atoms with Crippen LogP contribution in [-0.2, 0) is 23.9 Å². The second-order valence-electron chi connectivity index (χ2n) is 10.3. The van der Waals surface area contributed by atoms with E-state index >= 15 is 0 Å². The van der Waals surface area contributed by atoms with Crippen LogP contribution in [0.25, 0.3) is 0 Å². The number of amides is 4. The Morgan fingerprint density at radius 1 is 1.05 bits per heavy atom. The van der Waals surface area contributed by atoms with Gasteiger partial charge in [0.25, 0.3) is 11.7 Å². The second kappa shape index (κ2) is 11.9. The Morgan fingerprint density at radius 3 is 2.11 bits per heavy atom. The van der Waals surface area contributed by atoms with Crippen LogP contribution in [0, 0.1) is 11.8 Å². The van der Waals surface area contributed by atoms with Crippen LogP contribution in [0.1, 0.15) is 60.3 Å². The summed E-state index contributed by atoms with van der Waals surface area (Å²) in [6.07, 6.45) is -3.19. The fraction of sp³-hybridized carbons (Fsp3) is 0.783. The Bertz CT molecular complexity index is 909. The molecule has 1 saturated heterocycles. The van der Waals surface area contributed by atoms with Crippen LogP contribution < -0.4 is 16.4 Å². The molecule has 0 aromatic carbocycles. The molecule has 4 atom stereocenters. The monoisotopic (exact) mass is 552 g/mol. The molecule has 0 bridgehead atoms. The number of nitrogens with one attached hydrogen (secondary N) is 2. The number of nitrogens with zero attached hydrogens (tertiary/aromatic N) is 1. The zero-order valence-electron chi connectivity index (χ0n) is 21.5. The summed E-state index contributed by atoms with van der Waals surface area (Å²) >= 11 is 1.14. The zero-order chi connectivity index (χ0) is 28.3. The van der Waals surface area contributed by atoms with Crippen molar-refractivity contribution in [2.45, 2.75) is 94.8 Å². The van der Waals surface area contributed by atoms with E-state index in [0.29, 0.717) is 20.3 Å². The zero-order valence-corrected chi connectivity index (χ0v) is 22.3. The van der Waals surface area contributed by atoms with Crippen molar-refractivity contribution in [1.82, 2.24) is 15.5 Å². The number of alkyl halides is 3. The lowest BCUT2D eigenvalue weighted by Crippen LogP contribution is -2.58. The highest BCUT2D eigenvalue weighted by molar-refractivity contribution is 8.01. The van der Waals surface area contributed by atoms with E-state index in [-0.39, 0.29) is 17.7 Å². The summed E-state index contributed by atoms with van der Waals surface area (Å²) in [7, 11) is 0. The number of ether oxygens (including phenoxy) is 1. The third-order valence-electron chi connectivity index (χ3n) is 6.62. The average molecular weight is 553 g/mol. The Kier molecular flexibility index (Phi) is 9.88. The van der Waals surface area contributed by atoms with Crippen LogP contribution >= 0.6 is 11.8 Å². The molecule has 4 unspecified atom stereocenters. The maximum Gasteiger partial charge on any atom is 0.427 e. The number of alkyl carbamates (subject to hydrolysis) is 1. The maximum atomic E-state index is 13.4. The van der Waals surface area contributed by atoms with Gasteiger partial charge in [-0.05, 0) is 44.9 Å². The molecule has 210 valence electrons. The van der Waals surface area contributed by atoms with E-state index in [1.165, 1.54) is 4.90 Å². The molecule has 0 aromatic heterocycles. The molecule has 2 aliphatic rings. The van der Waals surface area contributed by atoms with Crippen LogP contribution in [-0.4, -0.2) is 75.5 Å². The van der Waals surface area contributed by atoms with Crippen molar-refractivity contribution >= 4 is 41.4 Å². The SMILES string of the molecule is CC(C)C(NC(=O)OC(C)(C)C(F)(F)F)C(=O)N1CCC(C)C1C(=O)NC(SC1CCC1)C(=O)C(N)=O. The summed E-state index contributed by atoms with van der Waals surface area (Å²) in [5.74, 6) is -4.35. The quantitative estimate of drug-likeness (QED) is 0.278. The molecule has 0 radical (unpaired) electrons. The van der Waals surface area contributed by atoms with Crippen molar-refractivity contribution in [1.29, 1.82) is 0 Å². The van der Waals surface area contributed by atoms with Gasteiger partial charge < -0.3 is 26.0 Å². The van der Waals surface area contributed by atoms with Gasteiger partial charge in [0, 0.05) is 11.8 Å². The van der Waals surface area contributed by atoms with Gasteiger partial charge in [-0.1, -0.05) is 27.2 Å². The van der Waals surface area contributed by atoms with Gasteiger partial charge in [0.05, 0.1) is 0 Å². The number of ketones is 1. The highest BCUT2D eigenvalue weighted by atomic mass is 32.2. The molecule has 4 N–H and O–H groups in total. The number of rotatable bonds is 10. The maximum absolute atomic E-state index is 13.4. The number of carbonyl (C=O) groups excluding carboxylic acids is 5. The Hall–Kier alpha value is -2.51. The molecule has 14 heteroatoms. The minimum absolute atomic E-state index is 0.0915. The van der Waals surface area contributed by atoms with Crippen molar-refractivity contribution in [3.63, 3.8) is 0 Å². The first-order chi connectivity index (χ1) is 17.0. The fourth-order valence-electron chi connectivity index (χ4n) is 3.94. The van der Waals surface area contributed by atoms with Crippen molar-refractivity contribution in [2.24, 2.45) is 17.6 Å². The number of nitrogens with two attached hydrogens (primary N) is 1. The van der Waals surface area contributed by atoms with E-state index in [2.05, 4.69) is 15.4 Å². The first-order valence-corrected chi connectivity index (χ1v) is 13.1. The highest BCUT2D eigenvalue weighted by Crippen LogP contribution is 2.35. The molecule has 2 rings (SSSR count). The molecular weight excluding hydrogens is 517 g/mol. The molecule has 10 nitrogen and oxygen atoms in total. The summed E-state index contributed by atoms with van der Waals surface area (Å²) in [6.45, 7) is 6.43. The molecule has 2 fully saturated rings. The van der Waals surface area contributed by atoms with Gasteiger partial charge in [-0.25, -0.2) is 4.79 Å². The number of Topliss-reactive ketones (excluding diaryl/α,β-unsaturated/α-hetero) is 1. The molecule has 0 aromatic rings. The molecule has 1 aliphatic carbocycles. The van der Waals surface area contributed by atoms with E-state index in [4.69, 9.17) is 5.73 Å². The van der Waals surface area contributed by atoms with E-state index in [9.17, 15) is 37.1 Å². The second-order valence-corrected chi connectivity index (χ2v) is 11.7. The number of hydrogen-bond acceptors (Lipinski definition) is 7. The van der Waals surface area contributed by atoms with Crippen molar-refractivity contribution < 1.29 is 41.9 Å². The van der Waals surface area contributed by atoms with Gasteiger partial charge in [0.2, 0.25) is 17.4 Å². The van der Waals surface area contributed by atoms with Crippen LogP contribution in [0.2, 0.25) is 0 Å². The van der Waals surface area contributed by atoms with Crippen LogP contribution in [0.3, 0.4) is 0 Å². The molecule has 1 heterocycles. The van der Waals surface area contributed by atoms with Crippen molar-refractivity contribution in [2.75, 3.05) is 6.54 Å². The number of likely N-dealkylation sites (tertiary alicyclic amines) is 1. The highest BCUT2D eigenvalue weighted by Gasteiger charge is 2.51. The average Bonchev–Trinajstić information content (AvgIpc) is 3.12. The number of halogens is 3. The van der Waals surface area contributed by atoms with Crippen LogP contribution in [0.5, 0.6) is 0 Å². The molecular formula is C23H35F3N4O6S. The smallest absolute Gasteiger partial charge is 0.427 e. The number of carbonyl (C=O) groups is 5. The first kappa shape index (κ1) is 30.7. The fourth-order valence-corrected chi connectivity index (χ4v) is 5.35. The Labute approximate surface area is 217 Å². The van der Waals surface area contributed by atoms with E-state index < -0.39 is 64.8 Å². The molecule has 0 spiro atoms. The normalized spacial score (nSPS) is 22.1. The third kappa shape index (κ3) is 7.51. The van der Waals surface area contributed by atoms with Gasteiger partial charge in [0.1, 0.15) is 17.5 Å². The minimum atomic E-state index is -4.83. The third-order valence-corrected chi connectivity index (χ3v) is 8.08. The lowest BCUT2D eigenvalue weighted by Gasteiger charge is -2.34. The number of primary amides is 1. The summed E-state index contributed by atoms with van der Waals surface area (Å²) in [4.78, 5) is 64.0. The lowest BCUT2D eigenvalue weighted by atomic mass is 9.99.